The van der Waals surface area contributed by atoms with Crippen molar-refractivity contribution in [2.75, 3.05) is 12.6 Å². The highest BCUT2D eigenvalue weighted by atomic mass is 31.1. The van der Waals surface area contributed by atoms with Gasteiger partial charge in [-0.05, 0) is 0 Å². The largest absolute Gasteiger partial charge is 0.300 e. The lowest BCUT2D eigenvalue weighted by Gasteiger charge is -1.99. The van der Waals surface area contributed by atoms with Gasteiger partial charge in [-0.2, -0.15) is 9.35 Å². The van der Waals surface area contributed by atoms with E-state index >= 15 is 0 Å². The van der Waals surface area contributed by atoms with E-state index in [1.807, 2.05) is 0 Å². The van der Waals surface area contributed by atoms with Crippen LogP contribution in [0.1, 0.15) is 0 Å². The van der Waals surface area contributed by atoms with Gasteiger partial charge in [0.2, 0.25) is 16.1 Å². The van der Waals surface area contributed by atoms with Crippen LogP contribution in [0.15, 0.2) is 0 Å². The summed E-state index contributed by atoms with van der Waals surface area (Å²) in [6.07, 6.45) is -0.220. The predicted molar refractivity (Wildman–Crippen MR) is 38.3 cm³/mol. The first-order chi connectivity index (χ1) is 5.20. The minimum atomic E-state index is -2.50. The van der Waals surface area contributed by atoms with Crippen LogP contribution in [0.3, 0.4) is 0 Å². The van der Waals surface area contributed by atoms with Gasteiger partial charge < -0.3 is 0 Å². The molecule has 0 bridgehead atoms. The summed E-state index contributed by atoms with van der Waals surface area (Å²) in [6.45, 7) is 0. The number of rotatable bonds is 6. The molecule has 7 nitrogen and oxygen atoms in total. The molecule has 0 fully saturated rings. The van der Waals surface area contributed by atoms with Crippen LogP contribution in [0.2, 0.25) is 0 Å². The summed E-state index contributed by atoms with van der Waals surface area (Å²) in [7, 11) is -5.00. The van der Waals surface area contributed by atoms with E-state index in [0.29, 0.717) is 0 Å². The Morgan fingerprint density at radius 1 is 1.09 bits per heavy atom. The van der Waals surface area contributed by atoms with Crippen LogP contribution < -0.4 is 5.32 Å². The van der Waals surface area contributed by atoms with Gasteiger partial charge in [-0.15, -0.1) is 0 Å². The fraction of sp³-hybridized carbons (Fsp3) is 1.00. The van der Waals surface area contributed by atoms with Gasteiger partial charge in [0, 0.05) is 0 Å². The molecule has 0 aliphatic carbocycles. The molecule has 9 heteroatoms. The Labute approximate surface area is 63.9 Å². The lowest BCUT2D eigenvalue weighted by molar-refractivity contribution is -0.131. The van der Waals surface area contributed by atoms with Crippen LogP contribution >= 0.6 is 16.1 Å². The Balaban J connectivity index is 3.27. The lowest BCUT2D eigenvalue weighted by atomic mass is 11.2. The van der Waals surface area contributed by atoms with Crippen molar-refractivity contribution in [2.45, 2.75) is 0 Å². The summed E-state index contributed by atoms with van der Waals surface area (Å²) in [4.78, 5) is 0. The fourth-order valence-electron chi connectivity index (χ4n) is 0.331. The smallest absolute Gasteiger partial charge is 0.237 e. The first-order valence-corrected chi connectivity index (χ1v) is 5.64. The standard InChI is InChI=1S/C2H9NO6P2/c4-8-10(6)1-3-2-11(7)9-5/h3-5,10-11H,1-2H2. The Morgan fingerprint density at radius 3 is 1.73 bits per heavy atom. The third-order valence-corrected chi connectivity index (χ3v) is 2.23. The summed E-state index contributed by atoms with van der Waals surface area (Å²) in [5.41, 5.74) is 0. The van der Waals surface area contributed by atoms with Gasteiger partial charge in [0.15, 0.2) is 0 Å². The summed E-state index contributed by atoms with van der Waals surface area (Å²) >= 11 is 0. The van der Waals surface area contributed by atoms with Crippen molar-refractivity contribution in [3.63, 3.8) is 0 Å². The molecule has 0 heterocycles. The zero-order valence-corrected chi connectivity index (χ0v) is 7.44. The number of nitrogens with one attached hydrogen (secondary N) is 1. The van der Waals surface area contributed by atoms with Crippen molar-refractivity contribution in [3.05, 3.63) is 0 Å². The van der Waals surface area contributed by atoms with Crippen LogP contribution in [0.4, 0.5) is 0 Å². The van der Waals surface area contributed by atoms with E-state index in [1.165, 1.54) is 0 Å². The van der Waals surface area contributed by atoms with E-state index in [4.69, 9.17) is 10.5 Å². The highest BCUT2D eigenvalue weighted by Gasteiger charge is 2.00. The van der Waals surface area contributed by atoms with Gasteiger partial charge in [-0.25, -0.2) is 10.5 Å². The van der Waals surface area contributed by atoms with Crippen molar-refractivity contribution >= 4 is 16.1 Å². The third-order valence-electron chi connectivity index (χ3n) is 0.742. The lowest BCUT2D eigenvalue weighted by Crippen LogP contribution is -2.11. The van der Waals surface area contributed by atoms with E-state index in [1.54, 1.807) is 0 Å². The molecule has 0 aromatic carbocycles. The van der Waals surface area contributed by atoms with Crippen LogP contribution in [0.25, 0.3) is 0 Å². The molecule has 0 rings (SSSR count). The van der Waals surface area contributed by atoms with Gasteiger partial charge in [0.25, 0.3) is 0 Å². The quantitative estimate of drug-likeness (QED) is 0.327. The highest BCUT2D eigenvalue weighted by molar-refractivity contribution is 7.39. The average molecular weight is 205 g/mol. The Kier molecular flexibility index (Phi) is 7.10. The SMILES string of the molecule is O=[PH](CNC[PH](=O)OO)OO. The first-order valence-electron chi connectivity index (χ1n) is 2.60. The van der Waals surface area contributed by atoms with E-state index in [2.05, 4.69) is 14.7 Å². The summed E-state index contributed by atoms with van der Waals surface area (Å²) in [5.74, 6) is 0. The maximum absolute atomic E-state index is 10.3. The van der Waals surface area contributed by atoms with Crippen molar-refractivity contribution < 1.29 is 29.0 Å². The molecule has 0 amide bonds. The molecule has 2 atom stereocenters. The molecule has 0 aliphatic rings. The van der Waals surface area contributed by atoms with E-state index in [0.717, 1.165) is 0 Å². The molecule has 0 spiro atoms. The molecular weight excluding hydrogens is 196 g/mol. The van der Waals surface area contributed by atoms with E-state index < -0.39 is 16.1 Å². The molecule has 0 aromatic rings. The second-order valence-electron chi connectivity index (χ2n) is 1.53. The van der Waals surface area contributed by atoms with Gasteiger partial charge in [0.1, 0.15) is 0 Å². The zero-order valence-electron chi connectivity index (χ0n) is 5.44. The first kappa shape index (κ1) is 11.3. The van der Waals surface area contributed by atoms with Gasteiger partial charge in [0.05, 0.1) is 12.6 Å². The summed E-state index contributed by atoms with van der Waals surface area (Å²) in [6, 6.07) is 0. The van der Waals surface area contributed by atoms with E-state index in [-0.39, 0.29) is 12.6 Å². The Bertz CT molecular complexity index is 134. The monoisotopic (exact) mass is 205 g/mol. The molecule has 11 heavy (non-hydrogen) atoms. The minimum Gasteiger partial charge on any atom is -0.300 e. The average Bonchev–Trinajstić information content (AvgIpc) is 2.04. The van der Waals surface area contributed by atoms with Crippen molar-refractivity contribution in [1.82, 2.24) is 5.32 Å². The molecule has 2 unspecified atom stereocenters. The maximum atomic E-state index is 10.3. The van der Waals surface area contributed by atoms with Gasteiger partial charge >= 0.3 is 0 Å². The van der Waals surface area contributed by atoms with Crippen molar-refractivity contribution in [3.8, 4) is 0 Å². The Hall–Kier alpha value is 0.260. The molecule has 0 aromatic heterocycles. The topological polar surface area (TPSA) is 105 Å². The van der Waals surface area contributed by atoms with Gasteiger partial charge in [-0.1, -0.05) is 0 Å². The van der Waals surface area contributed by atoms with Crippen LogP contribution in [0.5, 0.6) is 0 Å². The van der Waals surface area contributed by atoms with Crippen LogP contribution in [-0.2, 0) is 18.5 Å². The maximum Gasteiger partial charge on any atom is 0.237 e. The zero-order chi connectivity index (χ0) is 8.69. The summed E-state index contributed by atoms with van der Waals surface area (Å²) in [5, 5.41) is 18.0. The molecule has 0 saturated heterocycles. The summed E-state index contributed by atoms with van der Waals surface area (Å²) < 4.78 is 27.6. The van der Waals surface area contributed by atoms with Crippen LogP contribution in [0, 0.1) is 0 Å². The van der Waals surface area contributed by atoms with E-state index in [9.17, 15) is 9.13 Å². The van der Waals surface area contributed by atoms with Crippen LogP contribution in [-0.4, -0.2) is 23.1 Å². The predicted octanol–water partition coefficient (Wildman–Crippen LogP) is 0.420. The minimum absolute atomic E-state index is 0.110. The molecule has 0 radical (unpaired) electrons. The molecule has 0 aliphatic heterocycles. The Morgan fingerprint density at radius 2 is 1.45 bits per heavy atom. The normalized spacial score (nSPS) is 16.2. The van der Waals surface area contributed by atoms with Crippen molar-refractivity contribution in [1.29, 1.82) is 0 Å². The molecule has 0 saturated carbocycles. The second-order valence-corrected chi connectivity index (χ2v) is 4.09. The number of hydrogen-bond donors (Lipinski definition) is 3. The second kappa shape index (κ2) is 6.94. The molecule has 68 valence electrons. The molecule has 3 N–H and O–H groups in total. The fourth-order valence-corrected chi connectivity index (χ4v) is 1.37. The number of hydrogen-bond acceptors (Lipinski definition) is 7. The van der Waals surface area contributed by atoms with Gasteiger partial charge in [-0.3, -0.25) is 14.4 Å². The third kappa shape index (κ3) is 6.65. The van der Waals surface area contributed by atoms with Crippen molar-refractivity contribution in [2.24, 2.45) is 0 Å². The molecular formula is C2H9NO6P2. The highest BCUT2D eigenvalue weighted by Crippen LogP contribution is 2.20.